The molecule has 14 heavy (non-hydrogen) atoms. The Labute approximate surface area is 77.4 Å². The first-order chi connectivity index (χ1) is 6.66. The van der Waals surface area contributed by atoms with Gasteiger partial charge >= 0.3 is 6.01 Å². The van der Waals surface area contributed by atoms with E-state index in [4.69, 9.17) is 10.2 Å². The Kier molecular flexibility index (Phi) is 1.88. The fraction of sp³-hybridized carbons (Fsp3) is 0. The standard InChI is InChI=1S/C8H5F2N3O/c9-5-2-1-4(3-6(5)10)7-12-13-8(11)14-7/h1-3H,(H2,11,13). The Hall–Kier alpha value is -1.98. The molecule has 2 rings (SSSR count). The first-order valence-corrected chi connectivity index (χ1v) is 3.71. The van der Waals surface area contributed by atoms with Crippen molar-refractivity contribution in [2.45, 2.75) is 0 Å². The molecular weight excluding hydrogens is 192 g/mol. The second kappa shape index (κ2) is 3.06. The third-order valence-corrected chi connectivity index (χ3v) is 1.61. The summed E-state index contributed by atoms with van der Waals surface area (Å²) in [5.41, 5.74) is 5.46. The first kappa shape index (κ1) is 8.61. The molecule has 2 aromatic rings. The molecule has 0 aliphatic heterocycles. The Balaban J connectivity index is 2.47. The fourth-order valence-electron chi connectivity index (χ4n) is 0.980. The number of benzene rings is 1. The third kappa shape index (κ3) is 1.41. The van der Waals surface area contributed by atoms with Gasteiger partial charge in [-0.25, -0.2) is 8.78 Å². The van der Waals surface area contributed by atoms with E-state index in [2.05, 4.69) is 10.2 Å². The van der Waals surface area contributed by atoms with Gasteiger partial charge in [0.1, 0.15) is 0 Å². The lowest BCUT2D eigenvalue weighted by molar-refractivity contribution is 0.508. The fourth-order valence-corrected chi connectivity index (χ4v) is 0.980. The van der Waals surface area contributed by atoms with Crippen LogP contribution in [0.1, 0.15) is 0 Å². The maximum Gasteiger partial charge on any atom is 0.313 e. The molecule has 0 saturated carbocycles. The largest absolute Gasteiger partial charge is 0.404 e. The van der Waals surface area contributed by atoms with Crippen molar-refractivity contribution >= 4 is 6.01 Å². The summed E-state index contributed by atoms with van der Waals surface area (Å²) in [5.74, 6) is -1.85. The van der Waals surface area contributed by atoms with Crippen LogP contribution in [0.15, 0.2) is 22.6 Å². The maximum atomic E-state index is 12.8. The molecule has 0 atom stereocenters. The summed E-state index contributed by atoms with van der Waals surface area (Å²) in [6.45, 7) is 0. The predicted octanol–water partition coefficient (Wildman–Crippen LogP) is 1.60. The van der Waals surface area contributed by atoms with E-state index in [0.717, 1.165) is 12.1 Å². The highest BCUT2D eigenvalue weighted by Gasteiger charge is 2.09. The lowest BCUT2D eigenvalue weighted by atomic mass is 10.2. The highest BCUT2D eigenvalue weighted by atomic mass is 19.2. The molecule has 2 N–H and O–H groups in total. The number of rotatable bonds is 1. The van der Waals surface area contributed by atoms with Gasteiger partial charge in [-0.05, 0) is 18.2 Å². The van der Waals surface area contributed by atoms with Crippen molar-refractivity contribution < 1.29 is 13.2 Å². The molecule has 0 amide bonds. The van der Waals surface area contributed by atoms with Crippen LogP contribution in [0.4, 0.5) is 14.8 Å². The third-order valence-electron chi connectivity index (χ3n) is 1.61. The Bertz CT molecular complexity index is 469. The van der Waals surface area contributed by atoms with Crippen molar-refractivity contribution in [3.63, 3.8) is 0 Å². The molecule has 0 radical (unpaired) electrons. The van der Waals surface area contributed by atoms with E-state index in [1.807, 2.05) is 0 Å². The summed E-state index contributed by atoms with van der Waals surface area (Å²) in [7, 11) is 0. The van der Waals surface area contributed by atoms with Crippen LogP contribution < -0.4 is 5.73 Å². The number of halogens is 2. The average molecular weight is 197 g/mol. The minimum atomic E-state index is -0.973. The van der Waals surface area contributed by atoms with Crippen LogP contribution >= 0.6 is 0 Å². The van der Waals surface area contributed by atoms with Gasteiger partial charge in [0.25, 0.3) is 0 Å². The van der Waals surface area contributed by atoms with E-state index in [-0.39, 0.29) is 17.5 Å². The lowest BCUT2D eigenvalue weighted by Gasteiger charge is -1.95. The normalized spacial score (nSPS) is 10.4. The molecule has 4 nitrogen and oxygen atoms in total. The molecule has 0 saturated heterocycles. The first-order valence-electron chi connectivity index (χ1n) is 3.71. The van der Waals surface area contributed by atoms with Crippen molar-refractivity contribution in [3.8, 4) is 11.5 Å². The average Bonchev–Trinajstić information content (AvgIpc) is 2.57. The van der Waals surface area contributed by atoms with Gasteiger partial charge in [-0.1, -0.05) is 5.10 Å². The van der Waals surface area contributed by atoms with Gasteiger partial charge in [0.2, 0.25) is 5.89 Å². The zero-order chi connectivity index (χ0) is 10.1. The van der Waals surface area contributed by atoms with Gasteiger partial charge in [-0.3, -0.25) is 0 Å². The number of nitrogens with zero attached hydrogens (tertiary/aromatic N) is 2. The van der Waals surface area contributed by atoms with Gasteiger partial charge in [-0.15, -0.1) is 5.10 Å². The van der Waals surface area contributed by atoms with Crippen LogP contribution in [-0.2, 0) is 0 Å². The van der Waals surface area contributed by atoms with Gasteiger partial charge in [-0.2, -0.15) is 0 Å². The van der Waals surface area contributed by atoms with Gasteiger partial charge in [0.15, 0.2) is 11.6 Å². The highest BCUT2D eigenvalue weighted by Crippen LogP contribution is 2.20. The van der Waals surface area contributed by atoms with Crippen molar-refractivity contribution in [2.24, 2.45) is 0 Å². The Morgan fingerprint density at radius 1 is 1.14 bits per heavy atom. The number of anilines is 1. The van der Waals surface area contributed by atoms with E-state index in [1.165, 1.54) is 6.07 Å². The van der Waals surface area contributed by atoms with Crippen LogP contribution in [0.3, 0.4) is 0 Å². The SMILES string of the molecule is Nc1nnc(-c2ccc(F)c(F)c2)o1. The second-order valence-corrected chi connectivity index (χ2v) is 2.57. The molecule has 0 aliphatic carbocycles. The molecule has 1 heterocycles. The summed E-state index contributed by atoms with van der Waals surface area (Å²) in [4.78, 5) is 0. The molecule has 0 aliphatic rings. The van der Waals surface area contributed by atoms with Crippen molar-refractivity contribution in [3.05, 3.63) is 29.8 Å². The van der Waals surface area contributed by atoms with E-state index < -0.39 is 11.6 Å². The number of aromatic nitrogens is 2. The zero-order valence-electron chi connectivity index (χ0n) is 6.87. The second-order valence-electron chi connectivity index (χ2n) is 2.57. The Morgan fingerprint density at radius 3 is 2.50 bits per heavy atom. The molecule has 0 unspecified atom stereocenters. The van der Waals surface area contributed by atoms with Gasteiger partial charge < -0.3 is 10.2 Å². The maximum absolute atomic E-state index is 12.8. The molecule has 0 spiro atoms. The topological polar surface area (TPSA) is 64.9 Å². The van der Waals surface area contributed by atoms with Crippen LogP contribution in [0, 0.1) is 11.6 Å². The smallest absolute Gasteiger partial charge is 0.313 e. The summed E-state index contributed by atoms with van der Waals surface area (Å²) in [6.07, 6.45) is 0. The minimum absolute atomic E-state index is 0.0569. The van der Waals surface area contributed by atoms with E-state index in [1.54, 1.807) is 0 Å². The van der Waals surface area contributed by atoms with Crippen molar-refractivity contribution in [1.29, 1.82) is 0 Å². The summed E-state index contributed by atoms with van der Waals surface area (Å²) in [5, 5.41) is 6.92. The van der Waals surface area contributed by atoms with Crippen LogP contribution in [0.5, 0.6) is 0 Å². The molecule has 6 heteroatoms. The van der Waals surface area contributed by atoms with E-state index >= 15 is 0 Å². The predicted molar refractivity (Wildman–Crippen MR) is 44.1 cm³/mol. The lowest BCUT2D eigenvalue weighted by Crippen LogP contribution is -1.85. The van der Waals surface area contributed by atoms with E-state index in [9.17, 15) is 8.78 Å². The van der Waals surface area contributed by atoms with E-state index in [0.29, 0.717) is 0 Å². The van der Waals surface area contributed by atoms with Gasteiger partial charge in [0, 0.05) is 5.56 Å². The number of hydrogen-bond donors (Lipinski definition) is 1. The summed E-state index contributed by atoms with van der Waals surface area (Å²) in [6, 6.07) is 3.14. The quantitative estimate of drug-likeness (QED) is 0.753. The van der Waals surface area contributed by atoms with Crippen molar-refractivity contribution in [1.82, 2.24) is 10.2 Å². The Morgan fingerprint density at radius 2 is 1.93 bits per heavy atom. The molecule has 0 bridgehead atoms. The van der Waals surface area contributed by atoms with Gasteiger partial charge in [0.05, 0.1) is 0 Å². The molecule has 1 aromatic carbocycles. The molecular formula is C8H5F2N3O. The molecule has 1 aromatic heterocycles. The zero-order valence-corrected chi connectivity index (χ0v) is 6.87. The van der Waals surface area contributed by atoms with Crippen LogP contribution in [0.2, 0.25) is 0 Å². The van der Waals surface area contributed by atoms with Crippen LogP contribution in [-0.4, -0.2) is 10.2 Å². The van der Waals surface area contributed by atoms with Crippen molar-refractivity contribution in [2.75, 3.05) is 5.73 Å². The molecule has 72 valence electrons. The minimum Gasteiger partial charge on any atom is -0.404 e. The number of nitrogens with two attached hydrogens (primary N) is 1. The van der Waals surface area contributed by atoms with Crippen LogP contribution in [0.25, 0.3) is 11.5 Å². The monoisotopic (exact) mass is 197 g/mol. The highest BCUT2D eigenvalue weighted by molar-refractivity contribution is 5.53. The number of hydrogen-bond acceptors (Lipinski definition) is 4. The summed E-state index contributed by atoms with van der Waals surface area (Å²) >= 11 is 0. The summed E-state index contributed by atoms with van der Waals surface area (Å²) < 4.78 is 30.2. The number of nitrogen functional groups attached to an aromatic ring is 1. The molecule has 0 fully saturated rings.